The van der Waals surface area contributed by atoms with E-state index in [0.29, 0.717) is 24.2 Å². The van der Waals surface area contributed by atoms with E-state index in [2.05, 4.69) is 10.6 Å². The Hall–Kier alpha value is -3.42. The second-order valence-corrected chi connectivity index (χ2v) is 8.90. The summed E-state index contributed by atoms with van der Waals surface area (Å²) in [7, 11) is 1.58. The van der Waals surface area contributed by atoms with E-state index in [-0.39, 0.29) is 12.0 Å². The number of carbonyl (C=O) groups excluding carboxylic acids is 3. The molecule has 2 unspecified atom stereocenters. The Balaban J connectivity index is 1.79. The molecule has 0 bridgehead atoms. The second-order valence-electron chi connectivity index (χ2n) is 8.90. The first-order valence-electron chi connectivity index (χ1n) is 11.5. The number of urea groups is 1. The molecule has 2 aromatic rings. The zero-order chi connectivity index (χ0) is 24.9. The van der Waals surface area contributed by atoms with E-state index in [9.17, 15) is 18.8 Å². The minimum absolute atomic E-state index is 0.0725. The third kappa shape index (κ3) is 5.21. The first-order valence-corrected chi connectivity index (χ1v) is 11.5. The molecule has 0 radical (unpaired) electrons. The van der Waals surface area contributed by atoms with E-state index >= 15 is 0 Å². The topological polar surface area (TPSA) is 87.7 Å². The fourth-order valence-electron chi connectivity index (χ4n) is 4.26. The molecule has 7 nitrogen and oxygen atoms in total. The predicted molar refractivity (Wildman–Crippen MR) is 127 cm³/mol. The fraction of sp³-hybridized carbons (Fsp3) is 0.423. The monoisotopic (exact) mass is 469 g/mol. The van der Waals surface area contributed by atoms with Crippen LogP contribution in [0.5, 0.6) is 5.75 Å². The van der Waals surface area contributed by atoms with Crippen molar-refractivity contribution < 1.29 is 23.5 Å². The van der Waals surface area contributed by atoms with Crippen molar-refractivity contribution in [2.75, 3.05) is 13.7 Å². The molecule has 34 heavy (non-hydrogen) atoms. The first-order chi connectivity index (χ1) is 16.2. The van der Waals surface area contributed by atoms with Crippen LogP contribution in [0, 0.1) is 11.7 Å². The molecule has 2 atom stereocenters. The van der Waals surface area contributed by atoms with Gasteiger partial charge in [0.15, 0.2) is 0 Å². The number of benzene rings is 2. The number of rotatable bonds is 10. The minimum Gasteiger partial charge on any atom is -0.497 e. The number of unbranched alkanes of at least 4 members (excludes halogenated alkanes) is 1. The van der Waals surface area contributed by atoms with Crippen LogP contribution in [0.4, 0.5) is 9.18 Å². The van der Waals surface area contributed by atoms with Gasteiger partial charge in [0.2, 0.25) is 5.91 Å². The molecular formula is C26H32FN3O4. The van der Waals surface area contributed by atoms with Crippen molar-refractivity contribution >= 4 is 17.8 Å². The van der Waals surface area contributed by atoms with Gasteiger partial charge in [-0.05, 0) is 47.7 Å². The summed E-state index contributed by atoms with van der Waals surface area (Å²) in [5.74, 6) is -0.591. The van der Waals surface area contributed by atoms with Gasteiger partial charge >= 0.3 is 6.03 Å². The lowest BCUT2D eigenvalue weighted by atomic mass is 9.85. The maximum Gasteiger partial charge on any atom is 0.325 e. The smallest absolute Gasteiger partial charge is 0.325 e. The van der Waals surface area contributed by atoms with Crippen molar-refractivity contribution in [1.82, 2.24) is 15.5 Å². The average molecular weight is 470 g/mol. The van der Waals surface area contributed by atoms with Crippen LogP contribution in [0.25, 0.3) is 0 Å². The summed E-state index contributed by atoms with van der Waals surface area (Å²) in [6.45, 7) is 5.54. The number of nitrogens with zero attached hydrogens (tertiary/aromatic N) is 1. The highest BCUT2D eigenvalue weighted by Crippen LogP contribution is 2.34. The van der Waals surface area contributed by atoms with Crippen molar-refractivity contribution in [1.29, 1.82) is 0 Å². The summed E-state index contributed by atoms with van der Waals surface area (Å²) in [5, 5.41) is 5.74. The van der Waals surface area contributed by atoms with Gasteiger partial charge in [0.25, 0.3) is 5.91 Å². The number of imide groups is 1. The van der Waals surface area contributed by atoms with Crippen molar-refractivity contribution in [3.05, 3.63) is 65.5 Å². The average Bonchev–Trinajstić information content (AvgIpc) is 3.06. The quantitative estimate of drug-likeness (QED) is 0.509. The molecule has 0 aromatic heterocycles. The van der Waals surface area contributed by atoms with E-state index in [0.717, 1.165) is 16.9 Å². The summed E-state index contributed by atoms with van der Waals surface area (Å²) >= 11 is 0. The molecule has 2 N–H and O–H groups in total. The summed E-state index contributed by atoms with van der Waals surface area (Å²) in [5.41, 5.74) is 0.0842. The number of methoxy groups -OCH3 is 1. The van der Waals surface area contributed by atoms with Gasteiger partial charge in [-0.2, -0.15) is 0 Å². The molecule has 1 heterocycles. The zero-order valence-electron chi connectivity index (χ0n) is 20.1. The highest BCUT2D eigenvalue weighted by molar-refractivity contribution is 6.09. The van der Waals surface area contributed by atoms with Gasteiger partial charge in [-0.25, -0.2) is 9.18 Å². The second kappa shape index (κ2) is 10.7. The van der Waals surface area contributed by atoms with Gasteiger partial charge in [-0.3, -0.25) is 14.5 Å². The van der Waals surface area contributed by atoms with Crippen LogP contribution in [0.3, 0.4) is 0 Å². The Labute approximate surface area is 199 Å². The van der Waals surface area contributed by atoms with E-state index in [1.54, 1.807) is 7.11 Å². The number of hydrogen-bond acceptors (Lipinski definition) is 4. The van der Waals surface area contributed by atoms with Crippen LogP contribution in [-0.4, -0.2) is 36.4 Å². The van der Waals surface area contributed by atoms with Crippen molar-refractivity contribution in [3.63, 3.8) is 0 Å². The Morgan fingerprint density at radius 2 is 1.76 bits per heavy atom. The summed E-state index contributed by atoms with van der Waals surface area (Å²) < 4.78 is 18.7. The number of carbonyl (C=O) groups is 3. The van der Waals surface area contributed by atoms with Gasteiger partial charge in [0.1, 0.15) is 23.7 Å². The molecule has 1 aliphatic heterocycles. The fourth-order valence-corrected chi connectivity index (χ4v) is 4.26. The van der Waals surface area contributed by atoms with Crippen LogP contribution in [0.1, 0.15) is 57.2 Å². The lowest BCUT2D eigenvalue weighted by molar-refractivity contribution is -0.135. The first kappa shape index (κ1) is 25.2. The number of halogens is 1. The van der Waals surface area contributed by atoms with E-state index < -0.39 is 35.7 Å². The van der Waals surface area contributed by atoms with Gasteiger partial charge in [-0.1, -0.05) is 57.9 Å². The third-order valence-electron chi connectivity index (χ3n) is 6.18. The molecule has 4 amide bonds. The lowest BCUT2D eigenvalue weighted by Crippen LogP contribution is -2.45. The number of hydrogen-bond donors (Lipinski definition) is 2. The van der Waals surface area contributed by atoms with E-state index in [1.807, 2.05) is 45.0 Å². The molecule has 3 rings (SSSR count). The summed E-state index contributed by atoms with van der Waals surface area (Å²) in [6, 6.07) is 12.0. The van der Waals surface area contributed by atoms with Crippen LogP contribution in [0.15, 0.2) is 48.5 Å². The van der Waals surface area contributed by atoms with Crippen LogP contribution in [-0.2, 0) is 15.1 Å². The molecule has 0 aliphatic carbocycles. The summed E-state index contributed by atoms with van der Waals surface area (Å²) in [6.07, 6.45) is 1.85. The third-order valence-corrected chi connectivity index (χ3v) is 6.18. The van der Waals surface area contributed by atoms with Crippen LogP contribution < -0.4 is 15.4 Å². The number of ether oxygens (including phenoxy) is 1. The SMILES string of the molecule is CCCCC1(c2ccc(F)cc2)NC(=O)N(CC(=O)NC(c2ccc(OC)cc2)C(C)C)C1=O. The molecule has 8 heteroatoms. The molecule has 1 saturated heterocycles. The molecule has 1 fully saturated rings. The van der Waals surface area contributed by atoms with Crippen LogP contribution in [0.2, 0.25) is 0 Å². The highest BCUT2D eigenvalue weighted by atomic mass is 19.1. The molecule has 0 saturated carbocycles. The van der Waals surface area contributed by atoms with Gasteiger partial charge in [-0.15, -0.1) is 0 Å². The van der Waals surface area contributed by atoms with Gasteiger partial charge in [0.05, 0.1) is 13.2 Å². The Morgan fingerprint density at radius 1 is 1.12 bits per heavy atom. The lowest BCUT2D eigenvalue weighted by Gasteiger charge is -2.27. The normalized spacial score (nSPS) is 18.7. The maximum atomic E-state index is 13.5. The maximum absolute atomic E-state index is 13.5. The Bertz CT molecular complexity index is 1020. The summed E-state index contributed by atoms with van der Waals surface area (Å²) in [4.78, 5) is 40.2. The molecule has 2 aromatic carbocycles. The standard InChI is InChI=1S/C26H32FN3O4/c1-5-6-15-26(19-9-11-20(27)12-10-19)24(32)30(25(33)29-26)16-22(31)28-23(17(2)3)18-7-13-21(34-4)14-8-18/h7-14,17,23H,5-6,15-16H2,1-4H3,(H,28,31)(H,29,33). The Kier molecular flexibility index (Phi) is 7.91. The molecular weight excluding hydrogens is 437 g/mol. The molecule has 0 spiro atoms. The number of amides is 4. The van der Waals surface area contributed by atoms with Crippen molar-refractivity contribution in [2.24, 2.45) is 5.92 Å². The highest BCUT2D eigenvalue weighted by Gasteiger charge is 2.52. The Morgan fingerprint density at radius 3 is 2.32 bits per heavy atom. The van der Waals surface area contributed by atoms with E-state index in [4.69, 9.17) is 4.74 Å². The van der Waals surface area contributed by atoms with Gasteiger partial charge in [0, 0.05) is 0 Å². The van der Waals surface area contributed by atoms with Crippen LogP contribution >= 0.6 is 0 Å². The largest absolute Gasteiger partial charge is 0.497 e. The van der Waals surface area contributed by atoms with Crippen molar-refractivity contribution in [2.45, 2.75) is 51.6 Å². The number of nitrogens with one attached hydrogen (secondary N) is 2. The van der Waals surface area contributed by atoms with E-state index in [1.165, 1.54) is 24.3 Å². The van der Waals surface area contributed by atoms with Gasteiger partial charge < -0.3 is 15.4 Å². The molecule has 1 aliphatic rings. The van der Waals surface area contributed by atoms with Crippen molar-refractivity contribution in [3.8, 4) is 5.75 Å². The predicted octanol–water partition coefficient (Wildman–Crippen LogP) is 4.29. The molecule has 182 valence electrons. The minimum atomic E-state index is -1.31. The zero-order valence-corrected chi connectivity index (χ0v) is 20.1.